The first kappa shape index (κ1) is 19.0. The summed E-state index contributed by atoms with van der Waals surface area (Å²) in [6, 6.07) is 12.8. The average molecular weight is 362 g/mol. The number of hydrogen-bond acceptors (Lipinski definition) is 4. The van der Waals surface area contributed by atoms with Crippen molar-refractivity contribution in [3.63, 3.8) is 0 Å². The van der Waals surface area contributed by atoms with Crippen molar-refractivity contribution in [3.8, 4) is 5.75 Å². The monoisotopic (exact) mass is 362 g/mol. The lowest BCUT2D eigenvalue weighted by atomic mass is 10.2. The summed E-state index contributed by atoms with van der Waals surface area (Å²) in [7, 11) is -2.16. The van der Waals surface area contributed by atoms with Crippen LogP contribution >= 0.6 is 0 Å². The molecule has 1 amide bonds. The largest absolute Gasteiger partial charge is 0.497 e. The molecule has 6 nitrogen and oxygen atoms in total. The third-order valence-electron chi connectivity index (χ3n) is 3.68. The number of carbonyl (C=O) groups excluding carboxylic acids is 1. The Bertz CT molecular complexity index is 815. The zero-order chi connectivity index (χ0) is 18.4. The van der Waals surface area contributed by atoms with Crippen molar-refractivity contribution >= 4 is 15.9 Å². The van der Waals surface area contributed by atoms with Crippen molar-refractivity contribution in [1.82, 2.24) is 10.0 Å². The van der Waals surface area contributed by atoms with E-state index < -0.39 is 22.0 Å². The second-order valence-corrected chi connectivity index (χ2v) is 7.44. The summed E-state index contributed by atoms with van der Waals surface area (Å²) in [5.74, 6) is 0.334. The molecular formula is C18H22N2O4S. The van der Waals surface area contributed by atoms with Crippen molar-refractivity contribution in [2.45, 2.75) is 31.3 Å². The number of ether oxygens (including phenoxy) is 1. The molecule has 0 saturated heterocycles. The molecule has 0 spiro atoms. The molecule has 0 saturated carbocycles. The number of carbonyl (C=O) groups is 1. The van der Waals surface area contributed by atoms with Gasteiger partial charge in [0, 0.05) is 6.54 Å². The standard InChI is InChI=1S/C18H22N2O4S/c1-13-4-10-17(11-5-13)25(22,23)20-14(2)18(21)19-12-15-6-8-16(24-3)9-7-15/h4-11,14,20H,12H2,1-3H3,(H,19,21)/t14-/m1/s1. The van der Waals surface area contributed by atoms with Crippen molar-refractivity contribution < 1.29 is 17.9 Å². The molecule has 0 bridgehead atoms. The average Bonchev–Trinajstić information content (AvgIpc) is 2.60. The maximum atomic E-state index is 12.3. The summed E-state index contributed by atoms with van der Waals surface area (Å²) in [5, 5.41) is 2.71. The molecule has 0 aromatic heterocycles. The van der Waals surface area contributed by atoms with Crippen LogP contribution in [-0.2, 0) is 21.4 Å². The Labute approximate surface area is 148 Å². The normalized spacial score (nSPS) is 12.4. The Morgan fingerprint density at radius 3 is 2.24 bits per heavy atom. The Morgan fingerprint density at radius 2 is 1.68 bits per heavy atom. The number of methoxy groups -OCH3 is 1. The number of sulfonamides is 1. The van der Waals surface area contributed by atoms with E-state index in [1.807, 2.05) is 19.1 Å². The predicted octanol–water partition coefficient (Wildman–Crippen LogP) is 1.99. The van der Waals surface area contributed by atoms with E-state index in [-0.39, 0.29) is 4.90 Å². The first-order valence-corrected chi connectivity index (χ1v) is 9.30. The van der Waals surface area contributed by atoms with E-state index in [1.165, 1.54) is 19.1 Å². The van der Waals surface area contributed by atoms with Gasteiger partial charge in [0.1, 0.15) is 5.75 Å². The summed E-state index contributed by atoms with van der Waals surface area (Å²) in [6.45, 7) is 3.69. The molecule has 7 heteroatoms. The number of nitrogens with one attached hydrogen (secondary N) is 2. The summed E-state index contributed by atoms with van der Waals surface area (Å²) < 4.78 is 32.1. The molecule has 2 rings (SSSR count). The predicted molar refractivity (Wildman–Crippen MR) is 95.8 cm³/mol. The lowest BCUT2D eigenvalue weighted by Crippen LogP contribution is -2.44. The SMILES string of the molecule is COc1ccc(CNC(=O)[C@@H](C)NS(=O)(=O)c2ccc(C)cc2)cc1. The van der Waals surface area contributed by atoms with E-state index in [0.717, 1.165) is 16.9 Å². The number of amides is 1. The highest BCUT2D eigenvalue weighted by Crippen LogP contribution is 2.12. The third kappa shape index (κ3) is 5.30. The van der Waals surface area contributed by atoms with Gasteiger partial charge in [0.2, 0.25) is 15.9 Å². The van der Waals surface area contributed by atoms with E-state index in [1.54, 1.807) is 31.4 Å². The highest BCUT2D eigenvalue weighted by atomic mass is 32.2. The molecule has 1 atom stereocenters. The van der Waals surface area contributed by atoms with E-state index in [2.05, 4.69) is 10.0 Å². The maximum Gasteiger partial charge on any atom is 0.241 e. The minimum absolute atomic E-state index is 0.132. The molecule has 25 heavy (non-hydrogen) atoms. The van der Waals surface area contributed by atoms with E-state index in [0.29, 0.717) is 6.54 Å². The molecule has 134 valence electrons. The fourth-order valence-electron chi connectivity index (χ4n) is 2.16. The first-order valence-electron chi connectivity index (χ1n) is 7.81. The van der Waals surface area contributed by atoms with E-state index in [9.17, 15) is 13.2 Å². The smallest absolute Gasteiger partial charge is 0.241 e. The van der Waals surface area contributed by atoms with Gasteiger partial charge in [0.15, 0.2) is 0 Å². The van der Waals surface area contributed by atoms with Crippen LogP contribution in [0.4, 0.5) is 0 Å². The van der Waals surface area contributed by atoms with Crippen molar-refractivity contribution in [2.24, 2.45) is 0 Å². The first-order chi connectivity index (χ1) is 11.8. The topological polar surface area (TPSA) is 84.5 Å². The number of aryl methyl sites for hydroxylation is 1. The molecule has 0 fully saturated rings. The van der Waals surface area contributed by atoms with Gasteiger partial charge in [-0.25, -0.2) is 8.42 Å². The van der Waals surface area contributed by atoms with Gasteiger partial charge in [-0.1, -0.05) is 29.8 Å². The van der Waals surface area contributed by atoms with Crippen LogP contribution in [0.1, 0.15) is 18.1 Å². The van der Waals surface area contributed by atoms with Crippen LogP contribution in [0.3, 0.4) is 0 Å². The summed E-state index contributed by atoms with van der Waals surface area (Å²) in [5.41, 5.74) is 1.85. The van der Waals surface area contributed by atoms with Crippen LogP contribution in [0.25, 0.3) is 0 Å². The summed E-state index contributed by atoms with van der Waals surface area (Å²) >= 11 is 0. The molecule has 0 aliphatic carbocycles. The van der Waals surface area contributed by atoms with Gasteiger partial charge < -0.3 is 10.1 Å². The van der Waals surface area contributed by atoms with Crippen LogP contribution in [0.2, 0.25) is 0 Å². The highest BCUT2D eigenvalue weighted by Gasteiger charge is 2.21. The van der Waals surface area contributed by atoms with Crippen molar-refractivity contribution in [3.05, 3.63) is 59.7 Å². The third-order valence-corrected chi connectivity index (χ3v) is 5.24. The molecule has 2 aromatic rings. The summed E-state index contributed by atoms with van der Waals surface area (Å²) in [6.07, 6.45) is 0. The van der Waals surface area contributed by atoms with Gasteiger partial charge in [-0.2, -0.15) is 4.72 Å². The number of benzene rings is 2. The van der Waals surface area contributed by atoms with Gasteiger partial charge in [0.25, 0.3) is 0 Å². The summed E-state index contributed by atoms with van der Waals surface area (Å²) in [4.78, 5) is 12.3. The van der Waals surface area contributed by atoms with Gasteiger partial charge in [-0.15, -0.1) is 0 Å². The Kier molecular flexibility index (Phi) is 6.17. The number of rotatable bonds is 7. The maximum absolute atomic E-state index is 12.3. The van der Waals surface area contributed by atoms with E-state index >= 15 is 0 Å². The molecular weight excluding hydrogens is 340 g/mol. The second-order valence-electron chi connectivity index (χ2n) is 5.72. The Balaban J connectivity index is 1.93. The lowest BCUT2D eigenvalue weighted by molar-refractivity contribution is -0.122. The van der Waals surface area contributed by atoms with Crippen LogP contribution in [0.15, 0.2) is 53.4 Å². The molecule has 0 heterocycles. The fraction of sp³-hybridized carbons (Fsp3) is 0.278. The van der Waals surface area contributed by atoms with Crippen LogP contribution in [0, 0.1) is 6.92 Å². The van der Waals surface area contributed by atoms with Crippen molar-refractivity contribution in [2.75, 3.05) is 7.11 Å². The van der Waals surface area contributed by atoms with Crippen LogP contribution in [0.5, 0.6) is 5.75 Å². The van der Waals surface area contributed by atoms with Gasteiger partial charge in [-0.05, 0) is 43.7 Å². The molecule has 0 aliphatic heterocycles. The zero-order valence-electron chi connectivity index (χ0n) is 14.4. The molecule has 2 N–H and O–H groups in total. The van der Waals surface area contributed by atoms with Crippen LogP contribution in [-0.4, -0.2) is 27.5 Å². The highest BCUT2D eigenvalue weighted by molar-refractivity contribution is 7.89. The van der Waals surface area contributed by atoms with Gasteiger partial charge in [0.05, 0.1) is 18.0 Å². The molecule has 0 radical (unpaired) electrons. The molecule has 0 aliphatic rings. The van der Waals surface area contributed by atoms with Crippen molar-refractivity contribution in [1.29, 1.82) is 0 Å². The quantitative estimate of drug-likeness (QED) is 0.789. The Morgan fingerprint density at radius 1 is 1.08 bits per heavy atom. The van der Waals surface area contributed by atoms with E-state index in [4.69, 9.17) is 4.74 Å². The molecule has 0 unspecified atom stereocenters. The minimum atomic E-state index is -3.74. The van der Waals surface area contributed by atoms with Crippen LogP contribution < -0.4 is 14.8 Å². The number of hydrogen-bond donors (Lipinski definition) is 2. The van der Waals surface area contributed by atoms with Gasteiger partial charge >= 0.3 is 0 Å². The zero-order valence-corrected chi connectivity index (χ0v) is 15.3. The Hall–Kier alpha value is -2.38. The fourth-order valence-corrected chi connectivity index (χ4v) is 3.36. The second kappa shape index (κ2) is 8.13. The molecule has 2 aromatic carbocycles. The lowest BCUT2D eigenvalue weighted by Gasteiger charge is -2.15. The van der Waals surface area contributed by atoms with Gasteiger partial charge in [-0.3, -0.25) is 4.79 Å². The minimum Gasteiger partial charge on any atom is -0.497 e.